The summed E-state index contributed by atoms with van der Waals surface area (Å²) in [6, 6.07) is 9.31. The van der Waals surface area contributed by atoms with E-state index in [1.54, 1.807) is 37.4 Å². The molecule has 30 heavy (non-hydrogen) atoms. The molecule has 164 valence electrons. The predicted molar refractivity (Wildman–Crippen MR) is 111 cm³/mol. The second kappa shape index (κ2) is 12.5. The average Bonchev–Trinajstić information content (AvgIpc) is 2.72. The molecular weight excluding hydrogens is 396 g/mol. The van der Waals surface area contributed by atoms with Crippen LogP contribution < -0.4 is 16.2 Å². The van der Waals surface area contributed by atoms with E-state index in [9.17, 15) is 8.78 Å². The zero-order valence-corrected chi connectivity index (χ0v) is 16.9. The number of aliphatic hydroxyl groups excluding tert-OH is 1. The van der Waals surface area contributed by atoms with Crippen LogP contribution in [0.5, 0.6) is 5.88 Å². The van der Waals surface area contributed by atoms with Crippen molar-refractivity contribution in [3.8, 4) is 5.88 Å². The molecule has 1 aromatic heterocycles. The summed E-state index contributed by atoms with van der Waals surface area (Å²) in [5.41, 5.74) is 12.0. The molecule has 0 spiro atoms. The number of oxime groups is 1. The van der Waals surface area contributed by atoms with Gasteiger partial charge in [0.15, 0.2) is 0 Å². The van der Waals surface area contributed by atoms with Crippen LogP contribution in [0.3, 0.4) is 0 Å². The summed E-state index contributed by atoms with van der Waals surface area (Å²) in [4.78, 5) is 9.36. The van der Waals surface area contributed by atoms with E-state index in [2.05, 4.69) is 10.1 Å². The number of aliphatic hydroxyl groups is 1. The lowest BCUT2D eigenvalue weighted by Crippen LogP contribution is -2.19. The topological polar surface area (TPSA) is 140 Å². The Morgan fingerprint density at radius 2 is 1.87 bits per heavy atom. The van der Waals surface area contributed by atoms with E-state index in [4.69, 9.17) is 31.6 Å². The molecule has 2 rings (SSSR count). The lowest BCUT2D eigenvalue weighted by molar-refractivity contribution is 0.0174. The van der Waals surface area contributed by atoms with E-state index < -0.39 is 5.92 Å². The number of hydrogen-bond acceptors (Lipinski definition) is 7. The number of aromatic nitrogens is 1. The average molecular weight is 423 g/mol. The van der Waals surface area contributed by atoms with Gasteiger partial charge in [-0.3, -0.25) is 5.41 Å². The second-order valence-electron chi connectivity index (χ2n) is 6.25. The van der Waals surface area contributed by atoms with Crippen LogP contribution in [0.4, 0.5) is 8.78 Å². The number of hydrogen-bond donors (Lipinski definition) is 4. The van der Waals surface area contributed by atoms with Crippen molar-refractivity contribution in [2.45, 2.75) is 26.4 Å². The lowest BCUT2D eigenvalue weighted by Gasteiger charge is -2.10. The Morgan fingerprint density at radius 1 is 1.23 bits per heavy atom. The van der Waals surface area contributed by atoms with Gasteiger partial charge in [-0.05, 0) is 18.6 Å². The Morgan fingerprint density at radius 3 is 2.33 bits per heavy atom. The van der Waals surface area contributed by atoms with Crippen molar-refractivity contribution in [1.29, 1.82) is 5.41 Å². The Bertz CT molecular complexity index is 805. The maximum Gasteiger partial charge on any atom is 0.270 e. The second-order valence-corrected chi connectivity index (χ2v) is 6.25. The van der Waals surface area contributed by atoms with Gasteiger partial charge in [0.05, 0.1) is 12.3 Å². The third-order valence-corrected chi connectivity index (χ3v) is 3.55. The lowest BCUT2D eigenvalue weighted by atomic mass is 10.1. The largest absolute Gasteiger partial charge is 0.470 e. The van der Waals surface area contributed by atoms with Crippen LogP contribution in [0.2, 0.25) is 0 Å². The SMILES string of the molecule is C/C(=N\OCc1ccc(C(C)(F)F)cc1)c1ccc(OCC(=N)N)nc1.NCCO. The number of nitrogens with one attached hydrogen (secondary N) is 1. The monoisotopic (exact) mass is 423 g/mol. The first-order valence-electron chi connectivity index (χ1n) is 9.04. The highest BCUT2D eigenvalue weighted by atomic mass is 19.3. The molecule has 10 heteroatoms. The van der Waals surface area contributed by atoms with E-state index in [0.29, 0.717) is 18.1 Å². The number of nitrogens with zero attached hydrogens (tertiary/aromatic N) is 2. The number of halogens is 2. The zero-order chi connectivity index (χ0) is 22.6. The Hall–Kier alpha value is -3.11. The maximum atomic E-state index is 13.2. The molecule has 6 N–H and O–H groups in total. The number of benzene rings is 1. The summed E-state index contributed by atoms with van der Waals surface area (Å²) in [5.74, 6) is -2.59. The minimum atomic E-state index is -2.86. The van der Waals surface area contributed by atoms with Crippen LogP contribution in [0.1, 0.15) is 30.5 Å². The minimum absolute atomic E-state index is 0.0225. The maximum absolute atomic E-state index is 13.2. The van der Waals surface area contributed by atoms with Crippen LogP contribution >= 0.6 is 0 Å². The quantitative estimate of drug-likeness (QED) is 0.277. The van der Waals surface area contributed by atoms with Gasteiger partial charge in [0.1, 0.15) is 19.0 Å². The van der Waals surface area contributed by atoms with Gasteiger partial charge < -0.3 is 26.1 Å². The van der Waals surface area contributed by atoms with Gasteiger partial charge in [-0.15, -0.1) is 0 Å². The molecule has 0 aliphatic heterocycles. The van der Waals surface area contributed by atoms with Crippen molar-refractivity contribution < 1.29 is 23.5 Å². The summed E-state index contributed by atoms with van der Waals surface area (Å²) >= 11 is 0. The summed E-state index contributed by atoms with van der Waals surface area (Å²) in [7, 11) is 0. The third-order valence-electron chi connectivity index (χ3n) is 3.55. The van der Waals surface area contributed by atoms with Gasteiger partial charge in [-0.1, -0.05) is 29.4 Å². The van der Waals surface area contributed by atoms with E-state index in [1.807, 2.05) is 0 Å². The Kier molecular flexibility index (Phi) is 10.3. The van der Waals surface area contributed by atoms with Crippen molar-refractivity contribution in [3.63, 3.8) is 0 Å². The zero-order valence-electron chi connectivity index (χ0n) is 16.9. The fourth-order valence-electron chi connectivity index (χ4n) is 1.98. The van der Waals surface area contributed by atoms with Crippen LogP contribution in [0, 0.1) is 5.41 Å². The molecule has 0 atom stereocenters. The smallest absolute Gasteiger partial charge is 0.270 e. The highest BCUT2D eigenvalue weighted by molar-refractivity contribution is 5.98. The fraction of sp³-hybridized carbons (Fsp3) is 0.350. The predicted octanol–water partition coefficient (Wildman–Crippen LogP) is 2.39. The number of ether oxygens (including phenoxy) is 1. The highest BCUT2D eigenvalue weighted by Crippen LogP contribution is 2.26. The molecule has 0 unspecified atom stereocenters. The third kappa shape index (κ3) is 9.39. The van der Waals surface area contributed by atoms with Crippen LogP contribution in [-0.4, -0.2) is 41.4 Å². The number of nitrogens with two attached hydrogens (primary N) is 2. The molecule has 0 aliphatic rings. The molecule has 0 saturated carbocycles. The van der Waals surface area contributed by atoms with Crippen molar-refractivity contribution in [2.24, 2.45) is 16.6 Å². The molecule has 8 nitrogen and oxygen atoms in total. The van der Waals surface area contributed by atoms with Crippen molar-refractivity contribution >= 4 is 11.5 Å². The summed E-state index contributed by atoms with van der Waals surface area (Å²) in [6.45, 7) is 3.23. The van der Waals surface area contributed by atoms with E-state index in [0.717, 1.165) is 18.1 Å². The van der Waals surface area contributed by atoms with E-state index in [-0.39, 0.29) is 31.2 Å². The molecule has 2 aromatic rings. The summed E-state index contributed by atoms with van der Waals surface area (Å²) in [6.07, 6.45) is 1.57. The van der Waals surface area contributed by atoms with Gasteiger partial charge >= 0.3 is 0 Å². The Labute approximate surface area is 174 Å². The molecule has 1 aromatic carbocycles. The molecule has 0 fully saturated rings. The molecular formula is C20H27F2N5O3. The number of alkyl halides is 2. The molecule has 0 saturated heterocycles. The highest BCUT2D eigenvalue weighted by Gasteiger charge is 2.23. The van der Waals surface area contributed by atoms with E-state index in [1.165, 1.54) is 12.1 Å². The van der Waals surface area contributed by atoms with Gasteiger partial charge in [-0.2, -0.15) is 0 Å². The minimum Gasteiger partial charge on any atom is -0.470 e. The van der Waals surface area contributed by atoms with Gasteiger partial charge in [-0.25, -0.2) is 13.8 Å². The van der Waals surface area contributed by atoms with Crippen LogP contribution in [0.25, 0.3) is 0 Å². The van der Waals surface area contributed by atoms with Crippen molar-refractivity contribution in [1.82, 2.24) is 4.98 Å². The fourth-order valence-corrected chi connectivity index (χ4v) is 1.98. The molecule has 0 bridgehead atoms. The summed E-state index contributed by atoms with van der Waals surface area (Å²) < 4.78 is 31.5. The standard InChI is InChI=1S/C18H20F2N4O2.C2H7NO/c1-12(14-5-8-17(23-9-14)25-11-16(21)22)24-26-10-13-3-6-15(7-4-13)18(2,19)20;3-1-2-4/h3-9H,10-11H2,1-2H3,(H3,21,22);4H,1-3H2/b24-12+;. The first-order valence-corrected chi connectivity index (χ1v) is 9.04. The first-order chi connectivity index (χ1) is 14.2. The van der Waals surface area contributed by atoms with Gasteiger partial charge in [0.2, 0.25) is 5.88 Å². The van der Waals surface area contributed by atoms with Crippen LogP contribution in [0.15, 0.2) is 47.8 Å². The van der Waals surface area contributed by atoms with Crippen molar-refractivity contribution in [2.75, 3.05) is 19.8 Å². The summed E-state index contributed by atoms with van der Waals surface area (Å²) in [5, 5.41) is 18.8. The van der Waals surface area contributed by atoms with Gasteiger partial charge in [0.25, 0.3) is 5.92 Å². The van der Waals surface area contributed by atoms with Crippen molar-refractivity contribution in [3.05, 3.63) is 59.3 Å². The first kappa shape index (κ1) is 24.9. The molecule has 0 amide bonds. The normalized spacial score (nSPS) is 11.3. The van der Waals surface area contributed by atoms with E-state index >= 15 is 0 Å². The Balaban J connectivity index is 0.00000103. The number of rotatable bonds is 9. The molecule has 0 aliphatic carbocycles. The number of amidine groups is 1. The van der Waals surface area contributed by atoms with Gasteiger partial charge in [0, 0.05) is 36.9 Å². The van der Waals surface area contributed by atoms with Crippen LogP contribution in [-0.2, 0) is 17.4 Å². The molecule has 1 heterocycles. The number of pyridine rings is 1. The molecule has 0 radical (unpaired) electrons.